The molecule has 1 aromatic rings. The number of hydrogen-bond acceptors (Lipinski definition) is 0. The second-order valence-electron chi connectivity index (χ2n) is 6.50. The monoisotopic (exact) mass is 226 g/mol. The number of fused-ring (bicyclic) bond motifs is 4. The topological polar surface area (TPSA) is 0 Å². The van der Waals surface area contributed by atoms with E-state index in [1.807, 2.05) is 0 Å². The van der Waals surface area contributed by atoms with Gasteiger partial charge in [-0.2, -0.15) is 0 Å². The predicted molar refractivity (Wildman–Crippen MR) is 71.1 cm³/mol. The second kappa shape index (κ2) is 3.60. The lowest BCUT2D eigenvalue weighted by molar-refractivity contribution is 0.196. The lowest BCUT2D eigenvalue weighted by atomic mass is 9.67. The van der Waals surface area contributed by atoms with Crippen LogP contribution in [0.1, 0.15) is 56.1 Å². The van der Waals surface area contributed by atoms with Gasteiger partial charge in [-0.15, -0.1) is 0 Å². The van der Waals surface area contributed by atoms with Crippen LogP contribution in [0.15, 0.2) is 24.3 Å². The first kappa shape index (κ1) is 10.2. The lowest BCUT2D eigenvalue weighted by Crippen LogP contribution is -2.32. The van der Waals surface area contributed by atoms with E-state index in [0.29, 0.717) is 5.41 Å². The van der Waals surface area contributed by atoms with Crippen LogP contribution in [-0.4, -0.2) is 0 Å². The molecule has 1 spiro atoms. The standard InChI is InChI=1S/C17H22/c1-3-7-15-13(5-1)9-11-17(15)12-10-14-6-2-4-8-16(14)17/h1,3,5,7,14,16H,2,4,6,8-12H2. The number of hydrogen-bond donors (Lipinski definition) is 0. The van der Waals surface area contributed by atoms with E-state index in [4.69, 9.17) is 0 Å². The fraction of sp³-hybridized carbons (Fsp3) is 0.647. The summed E-state index contributed by atoms with van der Waals surface area (Å²) in [5.74, 6) is 2.09. The van der Waals surface area contributed by atoms with Crippen LogP contribution in [0.3, 0.4) is 0 Å². The average Bonchev–Trinajstić information content (AvgIpc) is 2.95. The van der Waals surface area contributed by atoms with E-state index in [0.717, 1.165) is 11.8 Å². The normalized spacial score (nSPS) is 39.3. The molecule has 0 radical (unpaired) electrons. The van der Waals surface area contributed by atoms with Gasteiger partial charge in [-0.05, 0) is 60.5 Å². The molecule has 0 nitrogen and oxygen atoms in total. The first-order valence-corrected chi connectivity index (χ1v) is 7.48. The Kier molecular flexibility index (Phi) is 2.16. The Balaban J connectivity index is 1.79. The third-order valence-corrected chi connectivity index (χ3v) is 5.97. The van der Waals surface area contributed by atoms with Crippen molar-refractivity contribution in [3.63, 3.8) is 0 Å². The van der Waals surface area contributed by atoms with E-state index in [-0.39, 0.29) is 0 Å². The highest BCUT2D eigenvalue weighted by Crippen LogP contribution is 2.59. The summed E-state index contributed by atoms with van der Waals surface area (Å²) in [6.45, 7) is 0. The second-order valence-corrected chi connectivity index (χ2v) is 6.50. The highest BCUT2D eigenvalue weighted by Gasteiger charge is 2.52. The first-order valence-electron chi connectivity index (χ1n) is 7.48. The molecular formula is C17H22. The maximum Gasteiger partial charge on any atom is -0.00101 e. The Bertz CT molecular complexity index is 433. The zero-order chi connectivity index (χ0) is 11.3. The number of aryl methyl sites for hydroxylation is 1. The van der Waals surface area contributed by atoms with Gasteiger partial charge in [-0.3, -0.25) is 0 Å². The van der Waals surface area contributed by atoms with Gasteiger partial charge in [0.2, 0.25) is 0 Å². The van der Waals surface area contributed by atoms with Crippen molar-refractivity contribution < 1.29 is 0 Å². The summed E-state index contributed by atoms with van der Waals surface area (Å²) >= 11 is 0. The van der Waals surface area contributed by atoms with Crippen molar-refractivity contribution in [1.82, 2.24) is 0 Å². The summed E-state index contributed by atoms with van der Waals surface area (Å²) in [7, 11) is 0. The van der Waals surface area contributed by atoms with E-state index >= 15 is 0 Å². The van der Waals surface area contributed by atoms with Gasteiger partial charge in [0, 0.05) is 0 Å². The van der Waals surface area contributed by atoms with Crippen LogP contribution in [0.4, 0.5) is 0 Å². The van der Waals surface area contributed by atoms with Crippen molar-refractivity contribution >= 4 is 0 Å². The summed E-state index contributed by atoms with van der Waals surface area (Å²) < 4.78 is 0. The van der Waals surface area contributed by atoms with Crippen molar-refractivity contribution in [3.8, 4) is 0 Å². The van der Waals surface area contributed by atoms with Gasteiger partial charge >= 0.3 is 0 Å². The number of rotatable bonds is 0. The zero-order valence-electron chi connectivity index (χ0n) is 10.6. The van der Waals surface area contributed by atoms with Crippen molar-refractivity contribution in [1.29, 1.82) is 0 Å². The fourth-order valence-corrected chi connectivity index (χ4v) is 5.27. The van der Waals surface area contributed by atoms with Gasteiger partial charge in [0.05, 0.1) is 0 Å². The van der Waals surface area contributed by atoms with Crippen LogP contribution >= 0.6 is 0 Å². The molecule has 17 heavy (non-hydrogen) atoms. The highest BCUT2D eigenvalue weighted by molar-refractivity contribution is 5.41. The molecule has 0 bridgehead atoms. The smallest absolute Gasteiger partial charge is 0.00101 e. The number of benzene rings is 1. The zero-order valence-corrected chi connectivity index (χ0v) is 10.6. The summed E-state index contributed by atoms with van der Waals surface area (Å²) in [4.78, 5) is 0. The predicted octanol–water partition coefficient (Wildman–Crippen LogP) is 4.47. The van der Waals surface area contributed by atoms with E-state index in [9.17, 15) is 0 Å². The maximum absolute atomic E-state index is 2.44. The van der Waals surface area contributed by atoms with Crippen LogP contribution in [0.5, 0.6) is 0 Å². The van der Waals surface area contributed by atoms with Gasteiger partial charge in [-0.25, -0.2) is 0 Å². The highest BCUT2D eigenvalue weighted by atomic mass is 14.6. The summed E-state index contributed by atoms with van der Waals surface area (Å²) in [6, 6.07) is 9.31. The maximum atomic E-state index is 2.44. The Morgan fingerprint density at radius 1 is 0.941 bits per heavy atom. The van der Waals surface area contributed by atoms with E-state index in [2.05, 4.69) is 24.3 Å². The quantitative estimate of drug-likeness (QED) is 0.612. The minimum absolute atomic E-state index is 0.613. The van der Waals surface area contributed by atoms with Gasteiger partial charge in [0.25, 0.3) is 0 Å². The molecule has 90 valence electrons. The molecule has 4 rings (SSSR count). The minimum atomic E-state index is 0.613. The van der Waals surface area contributed by atoms with Crippen molar-refractivity contribution in [2.75, 3.05) is 0 Å². The van der Waals surface area contributed by atoms with Crippen LogP contribution < -0.4 is 0 Å². The van der Waals surface area contributed by atoms with Crippen molar-refractivity contribution in [2.45, 2.75) is 56.8 Å². The van der Waals surface area contributed by atoms with Crippen LogP contribution in [-0.2, 0) is 11.8 Å². The molecule has 0 heterocycles. The minimum Gasteiger partial charge on any atom is -0.0620 e. The molecule has 0 saturated heterocycles. The molecule has 0 aliphatic heterocycles. The Morgan fingerprint density at radius 3 is 2.82 bits per heavy atom. The molecular weight excluding hydrogens is 204 g/mol. The molecule has 3 atom stereocenters. The van der Waals surface area contributed by atoms with Gasteiger partial charge in [0.1, 0.15) is 0 Å². The SMILES string of the molecule is c1ccc2c(c1)CCC21CCC2CCCCC21. The molecule has 0 amide bonds. The van der Waals surface area contributed by atoms with E-state index < -0.39 is 0 Å². The first-order chi connectivity index (χ1) is 8.40. The van der Waals surface area contributed by atoms with Crippen LogP contribution in [0, 0.1) is 11.8 Å². The molecule has 0 heteroatoms. The summed E-state index contributed by atoms with van der Waals surface area (Å²) in [5, 5.41) is 0. The molecule has 1 aromatic carbocycles. The lowest BCUT2D eigenvalue weighted by Gasteiger charge is -2.38. The van der Waals surface area contributed by atoms with Crippen molar-refractivity contribution in [3.05, 3.63) is 35.4 Å². The summed E-state index contributed by atoms with van der Waals surface area (Å²) in [6.07, 6.45) is 11.8. The van der Waals surface area contributed by atoms with Gasteiger partial charge in [0.15, 0.2) is 0 Å². The fourth-order valence-electron chi connectivity index (χ4n) is 5.27. The molecule has 2 fully saturated rings. The van der Waals surface area contributed by atoms with Crippen LogP contribution in [0.25, 0.3) is 0 Å². The van der Waals surface area contributed by atoms with E-state index in [1.54, 1.807) is 11.1 Å². The Hall–Kier alpha value is -0.780. The molecule has 3 aliphatic carbocycles. The molecule has 0 aromatic heterocycles. The Labute approximate surface area is 104 Å². The molecule has 0 N–H and O–H groups in total. The van der Waals surface area contributed by atoms with Crippen molar-refractivity contribution in [2.24, 2.45) is 11.8 Å². The Morgan fingerprint density at radius 2 is 1.82 bits per heavy atom. The third kappa shape index (κ3) is 1.30. The molecule has 3 unspecified atom stereocenters. The van der Waals surface area contributed by atoms with Gasteiger partial charge in [-0.1, -0.05) is 43.5 Å². The molecule has 2 saturated carbocycles. The van der Waals surface area contributed by atoms with Crippen LogP contribution in [0.2, 0.25) is 0 Å². The summed E-state index contributed by atoms with van der Waals surface area (Å²) in [5.41, 5.74) is 4.02. The largest absolute Gasteiger partial charge is 0.0620 e. The van der Waals surface area contributed by atoms with Gasteiger partial charge < -0.3 is 0 Å². The average molecular weight is 226 g/mol. The third-order valence-electron chi connectivity index (χ3n) is 5.97. The molecule has 3 aliphatic rings. The van der Waals surface area contributed by atoms with E-state index in [1.165, 1.54) is 51.4 Å².